The maximum absolute atomic E-state index is 3.76. The first-order valence-corrected chi connectivity index (χ1v) is 8.46. The van der Waals surface area contributed by atoms with Gasteiger partial charge in [-0.1, -0.05) is 6.92 Å². The van der Waals surface area contributed by atoms with Crippen molar-refractivity contribution in [1.82, 2.24) is 10.2 Å². The molecule has 0 amide bonds. The van der Waals surface area contributed by atoms with Crippen LogP contribution in [0.5, 0.6) is 0 Å². The van der Waals surface area contributed by atoms with E-state index in [0.29, 0.717) is 0 Å². The van der Waals surface area contributed by atoms with Gasteiger partial charge in [-0.25, -0.2) is 0 Å². The largest absolute Gasteiger partial charge is 0.313 e. The SMILES string of the molecule is CC1CCC(NCCN2CCSCC2C)CC1. The molecule has 0 bridgehead atoms. The average Bonchev–Trinajstić information content (AvgIpc) is 2.34. The van der Waals surface area contributed by atoms with E-state index in [0.717, 1.165) is 18.0 Å². The van der Waals surface area contributed by atoms with Crippen LogP contribution in [0.3, 0.4) is 0 Å². The zero-order chi connectivity index (χ0) is 12.1. The molecular formula is C14H28N2S. The van der Waals surface area contributed by atoms with Gasteiger partial charge < -0.3 is 5.32 Å². The van der Waals surface area contributed by atoms with Crippen molar-refractivity contribution in [3.63, 3.8) is 0 Å². The molecule has 2 rings (SSSR count). The first-order valence-electron chi connectivity index (χ1n) is 7.31. The lowest BCUT2D eigenvalue weighted by Crippen LogP contribution is -2.45. The molecule has 1 aliphatic heterocycles. The van der Waals surface area contributed by atoms with Gasteiger partial charge in [-0.2, -0.15) is 11.8 Å². The van der Waals surface area contributed by atoms with Crippen molar-refractivity contribution < 1.29 is 0 Å². The van der Waals surface area contributed by atoms with Gasteiger partial charge in [-0.3, -0.25) is 4.90 Å². The molecular weight excluding hydrogens is 228 g/mol. The predicted molar refractivity (Wildman–Crippen MR) is 77.8 cm³/mol. The summed E-state index contributed by atoms with van der Waals surface area (Å²) in [4.78, 5) is 2.65. The van der Waals surface area contributed by atoms with Crippen molar-refractivity contribution >= 4 is 11.8 Å². The summed E-state index contributed by atoms with van der Waals surface area (Å²) < 4.78 is 0. The molecule has 0 aromatic heterocycles. The van der Waals surface area contributed by atoms with Gasteiger partial charge in [0.05, 0.1) is 0 Å². The summed E-state index contributed by atoms with van der Waals surface area (Å²) in [5, 5.41) is 3.76. The molecule has 2 nitrogen and oxygen atoms in total. The van der Waals surface area contributed by atoms with Gasteiger partial charge in [0.1, 0.15) is 0 Å². The van der Waals surface area contributed by atoms with Crippen molar-refractivity contribution in [1.29, 1.82) is 0 Å². The van der Waals surface area contributed by atoms with Crippen LogP contribution in [0.2, 0.25) is 0 Å². The van der Waals surface area contributed by atoms with Gasteiger partial charge in [0.25, 0.3) is 0 Å². The third-order valence-corrected chi connectivity index (χ3v) is 5.54. The molecule has 1 heterocycles. The Bertz CT molecular complexity index is 214. The molecule has 2 aliphatic rings. The van der Waals surface area contributed by atoms with Crippen LogP contribution < -0.4 is 5.32 Å². The first-order chi connectivity index (χ1) is 8.25. The summed E-state index contributed by atoms with van der Waals surface area (Å²) in [5.41, 5.74) is 0. The summed E-state index contributed by atoms with van der Waals surface area (Å²) in [6.45, 7) is 8.48. The lowest BCUT2D eigenvalue weighted by atomic mass is 9.87. The number of thioether (sulfide) groups is 1. The number of nitrogens with zero attached hydrogens (tertiary/aromatic N) is 1. The summed E-state index contributed by atoms with van der Waals surface area (Å²) >= 11 is 2.11. The highest BCUT2D eigenvalue weighted by Crippen LogP contribution is 2.23. The molecule has 0 spiro atoms. The normalized spacial score (nSPS) is 36.0. The van der Waals surface area contributed by atoms with E-state index in [4.69, 9.17) is 0 Å². The molecule has 17 heavy (non-hydrogen) atoms. The number of hydrogen-bond donors (Lipinski definition) is 1. The van der Waals surface area contributed by atoms with Crippen molar-refractivity contribution in [2.45, 2.75) is 51.6 Å². The second-order valence-corrected chi connectivity index (χ2v) is 7.02. The molecule has 1 saturated carbocycles. The standard InChI is InChI=1S/C14H28N2S/c1-12-3-5-14(6-4-12)15-7-8-16-9-10-17-11-13(16)2/h12-15H,3-11H2,1-2H3. The fourth-order valence-electron chi connectivity index (χ4n) is 2.97. The first kappa shape index (κ1) is 13.7. The summed E-state index contributed by atoms with van der Waals surface area (Å²) in [6, 6.07) is 1.59. The number of rotatable bonds is 4. The second kappa shape index (κ2) is 7.01. The van der Waals surface area contributed by atoms with E-state index in [1.165, 1.54) is 56.8 Å². The zero-order valence-electron chi connectivity index (χ0n) is 11.5. The molecule has 0 aromatic carbocycles. The van der Waals surface area contributed by atoms with Gasteiger partial charge in [0, 0.05) is 43.2 Å². The van der Waals surface area contributed by atoms with E-state index in [-0.39, 0.29) is 0 Å². The van der Waals surface area contributed by atoms with E-state index in [1.54, 1.807) is 0 Å². The summed E-state index contributed by atoms with van der Waals surface area (Å²) in [5.74, 6) is 3.61. The van der Waals surface area contributed by atoms with Crippen LogP contribution in [0.4, 0.5) is 0 Å². The Morgan fingerprint density at radius 3 is 2.65 bits per heavy atom. The molecule has 100 valence electrons. The van der Waals surface area contributed by atoms with Crippen LogP contribution in [0, 0.1) is 5.92 Å². The van der Waals surface area contributed by atoms with Crippen molar-refractivity contribution in [3.8, 4) is 0 Å². The fraction of sp³-hybridized carbons (Fsp3) is 1.00. The Morgan fingerprint density at radius 2 is 1.94 bits per heavy atom. The predicted octanol–water partition coefficient (Wildman–Crippen LogP) is 2.59. The fourth-order valence-corrected chi connectivity index (χ4v) is 4.05. The molecule has 1 saturated heterocycles. The number of hydrogen-bond acceptors (Lipinski definition) is 3. The summed E-state index contributed by atoms with van der Waals surface area (Å²) in [6.07, 6.45) is 5.64. The Morgan fingerprint density at radius 1 is 1.18 bits per heavy atom. The van der Waals surface area contributed by atoms with Crippen LogP contribution in [0.15, 0.2) is 0 Å². The van der Waals surface area contributed by atoms with E-state index < -0.39 is 0 Å². The monoisotopic (exact) mass is 256 g/mol. The van der Waals surface area contributed by atoms with Gasteiger partial charge in [-0.15, -0.1) is 0 Å². The van der Waals surface area contributed by atoms with Crippen molar-refractivity contribution in [3.05, 3.63) is 0 Å². The Hall–Kier alpha value is 0.270. The topological polar surface area (TPSA) is 15.3 Å². The number of nitrogens with one attached hydrogen (secondary N) is 1. The van der Waals surface area contributed by atoms with Crippen LogP contribution in [0.25, 0.3) is 0 Å². The smallest absolute Gasteiger partial charge is 0.0158 e. The molecule has 1 unspecified atom stereocenters. The maximum Gasteiger partial charge on any atom is 0.0158 e. The highest BCUT2D eigenvalue weighted by molar-refractivity contribution is 7.99. The molecule has 0 aromatic rings. The third kappa shape index (κ3) is 4.46. The second-order valence-electron chi connectivity index (χ2n) is 5.87. The van der Waals surface area contributed by atoms with E-state index in [2.05, 4.69) is 35.8 Å². The minimum Gasteiger partial charge on any atom is -0.313 e. The van der Waals surface area contributed by atoms with Gasteiger partial charge in [-0.05, 0) is 38.5 Å². The highest BCUT2D eigenvalue weighted by Gasteiger charge is 2.20. The van der Waals surface area contributed by atoms with Crippen molar-refractivity contribution in [2.75, 3.05) is 31.1 Å². The minimum atomic E-state index is 0.780. The Kier molecular flexibility index (Phi) is 5.64. The van der Waals surface area contributed by atoms with E-state index in [1.807, 2.05) is 0 Å². The lowest BCUT2D eigenvalue weighted by molar-refractivity contribution is 0.222. The van der Waals surface area contributed by atoms with E-state index in [9.17, 15) is 0 Å². The Labute approximate surface area is 111 Å². The molecule has 1 aliphatic carbocycles. The third-order valence-electron chi connectivity index (χ3n) is 4.35. The zero-order valence-corrected chi connectivity index (χ0v) is 12.3. The average molecular weight is 256 g/mol. The van der Waals surface area contributed by atoms with Crippen LogP contribution in [-0.4, -0.2) is 48.1 Å². The van der Waals surface area contributed by atoms with Gasteiger partial charge in [0.15, 0.2) is 0 Å². The van der Waals surface area contributed by atoms with E-state index >= 15 is 0 Å². The molecule has 1 N–H and O–H groups in total. The van der Waals surface area contributed by atoms with Gasteiger partial charge in [0.2, 0.25) is 0 Å². The van der Waals surface area contributed by atoms with Crippen LogP contribution in [-0.2, 0) is 0 Å². The Balaban J connectivity index is 1.59. The minimum absolute atomic E-state index is 0.780. The lowest BCUT2D eigenvalue weighted by Gasteiger charge is -2.34. The quantitative estimate of drug-likeness (QED) is 0.832. The molecule has 2 fully saturated rings. The van der Waals surface area contributed by atoms with Gasteiger partial charge >= 0.3 is 0 Å². The summed E-state index contributed by atoms with van der Waals surface area (Å²) in [7, 11) is 0. The van der Waals surface area contributed by atoms with Crippen LogP contribution >= 0.6 is 11.8 Å². The molecule has 0 radical (unpaired) electrons. The van der Waals surface area contributed by atoms with Crippen LogP contribution in [0.1, 0.15) is 39.5 Å². The molecule has 3 heteroatoms. The van der Waals surface area contributed by atoms with Crippen molar-refractivity contribution in [2.24, 2.45) is 5.92 Å². The molecule has 1 atom stereocenters. The highest BCUT2D eigenvalue weighted by atomic mass is 32.2. The maximum atomic E-state index is 3.76.